The zero-order valence-electron chi connectivity index (χ0n) is 13.7. The number of nitrogens with one attached hydrogen (secondary N) is 1. The van der Waals surface area contributed by atoms with Gasteiger partial charge < -0.3 is 4.57 Å². The second-order valence-corrected chi connectivity index (χ2v) is 6.91. The smallest absolute Gasteiger partial charge is 0.0935 e. The van der Waals surface area contributed by atoms with Crippen LogP contribution in [0.1, 0.15) is 17.0 Å². The SMILES string of the molecule is Cc1ccc(C)n1-c1ccc(/C=N/Nc2c(Cl)cc(Cl)cc2Cl)cc1. The molecule has 0 aliphatic rings. The van der Waals surface area contributed by atoms with E-state index in [1.165, 1.54) is 11.4 Å². The maximum absolute atomic E-state index is 6.12. The van der Waals surface area contributed by atoms with E-state index in [1.807, 2.05) is 12.1 Å². The van der Waals surface area contributed by atoms with Crippen LogP contribution < -0.4 is 5.43 Å². The summed E-state index contributed by atoms with van der Waals surface area (Å²) < 4.78 is 2.20. The average molecular weight is 393 g/mol. The number of hydrazone groups is 1. The van der Waals surface area contributed by atoms with Crippen molar-refractivity contribution in [2.75, 3.05) is 5.43 Å². The summed E-state index contributed by atoms with van der Waals surface area (Å²) >= 11 is 18.1. The molecule has 0 unspecified atom stereocenters. The number of aryl methyl sites for hydroxylation is 2. The predicted molar refractivity (Wildman–Crippen MR) is 108 cm³/mol. The summed E-state index contributed by atoms with van der Waals surface area (Å²) in [7, 11) is 0. The lowest BCUT2D eigenvalue weighted by Crippen LogP contribution is -1.99. The van der Waals surface area contributed by atoms with Gasteiger partial charge in [0.2, 0.25) is 0 Å². The summed E-state index contributed by atoms with van der Waals surface area (Å²) in [4.78, 5) is 0. The molecule has 3 nitrogen and oxygen atoms in total. The highest BCUT2D eigenvalue weighted by Crippen LogP contribution is 2.33. The predicted octanol–water partition coefficient (Wildman–Crippen LogP) is 6.50. The van der Waals surface area contributed by atoms with Gasteiger partial charge in [0.15, 0.2) is 0 Å². The van der Waals surface area contributed by atoms with Crippen LogP contribution >= 0.6 is 34.8 Å². The lowest BCUT2D eigenvalue weighted by molar-refractivity contribution is 0.966. The highest BCUT2D eigenvalue weighted by atomic mass is 35.5. The van der Waals surface area contributed by atoms with E-state index < -0.39 is 0 Å². The molecule has 0 saturated heterocycles. The Labute approximate surface area is 161 Å². The fourth-order valence-corrected chi connectivity index (χ4v) is 3.51. The van der Waals surface area contributed by atoms with E-state index in [1.54, 1.807) is 18.3 Å². The Morgan fingerprint density at radius 2 is 1.44 bits per heavy atom. The summed E-state index contributed by atoms with van der Waals surface area (Å²) in [6.07, 6.45) is 1.71. The third-order valence-electron chi connectivity index (χ3n) is 3.82. The van der Waals surface area contributed by atoms with Crippen molar-refractivity contribution in [1.82, 2.24) is 4.57 Å². The van der Waals surface area contributed by atoms with Crippen LogP contribution in [0.25, 0.3) is 5.69 Å². The topological polar surface area (TPSA) is 29.3 Å². The van der Waals surface area contributed by atoms with Gasteiger partial charge in [-0.25, -0.2) is 0 Å². The minimum Gasteiger partial charge on any atom is -0.319 e. The van der Waals surface area contributed by atoms with Crippen LogP contribution in [-0.4, -0.2) is 10.8 Å². The van der Waals surface area contributed by atoms with Gasteiger partial charge in [-0.15, -0.1) is 0 Å². The number of benzene rings is 2. The van der Waals surface area contributed by atoms with Gasteiger partial charge >= 0.3 is 0 Å². The van der Waals surface area contributed by atoms with Gasteiger partial charge in [0.05, 0.1) is 21.9 Å². The number of hydrogen-bond donors (Lipinski definition) is 1. The second kappa shape index (κ2) is 7.52. The first-order valence-corrected chi connectivity index (χ1v) is 8.78. The molecule has 2 aromatic carbocycles. The molecule has 0 amide bonds. The molecule has 3 rings (SSSR count). The molecule has 6 heteroatoms. The van der Waals surface area contributed by atoms with E-state index in [0.717, 1.165) is 11.3 Å². The molecule has 3 aromatic rings. The Kier molecular flexibility index (Phi) is 5.38. The Morgan fingerprint density at radius 1 is 0.880 bits per heavy atom. The van der Waals surface area contributed by atoms with Crippen molar-refractivity contribution in [1.29, 1.82) is 0 Å². The van der Waals surface area contributed by atoms with Gasteiger partial charge in [-0.1, -0.05) is 46.9 Å². The largest absolute Gasteiger partial charge is 0.319 e. The lowest BCUT2D eigenvalue weighted by atomic mass is 10.2. The van der Waals surface area contributed by atoms with Crippen molar-refractivity contribution < 1.29 is 0 Å². The van der Waals surface area contributed by atoms with Crippen LogP contribution in [0.4, 0.5) is 5.69 Å². The first-order chi connectivity index (χ1) is 12.0. The number of aromatic nitrogens is 1. The monoisotopic (exact) mass is 391 g/mol. The molecule has 0 spiro atoms. The highest BCUT2D eigenvalue weighted by molar-refractivity contribution is 6.41. The first-order valence-electron chi connectivity index (χ1n) is 7.64. The van der Waals surface area contributed by atoms with Crippen molar-refractivity contribution in [2.45, 2.75) is 13.8 Å². The van der Waals surface area contributed by atoms with E-state index in [9.17, 15) is 0 Å². The normalized spacial score (nSPS) is 11.2. The van der Waals surface area contributed by atoms with Crippen molar-refractivity contribution in [3.63, 3.8) is 0 Å². The summed E-state index contributed by atoms with van der Waals surface area (Å²) in [6, 6.07) is 15.6. The molecule has 0 aliphatic carbocycles. The zero-order valence-corrected chi connectivity index (χ0v) is 16.0. The maximum atomic E-state index is 6.12. The van der Waals surface area contributed by atoms with Gasteiger partial charge in [-0.05, 0) is 55.8 Å². The van der Waals surface area contributed by atoms with Crippen LogP contribution in [0, 0.1) is 13.8 Å². The summed E-state index contributed by atoms with van der Waals surface area (Å²) in [5, 5.41) is 5.52. The summed E-state index contributed by atoms with van der Waals surface area (Å²) in [6.45, 7) is 4.18. The van der Waals surface area contributed by atoms with Gasteiger partial charge in [-0.3, -0.25) is 5.43 Å². The number of rotatable bonds is 4. The molecule has 128 valence electrons. The van der Waals surface area contributed by atoms with Crippen molar-refractivity contribution in [2.24, 2.45) is 5.10 Å². The van der Waals surface area contributed by atoms with Gasteiger partial charge in [-0.2, -0.15) is 5.10 Å². The molecular weight excluding hydrogens is 377 g/mol. The maximum Gasteiger partial charge on any atom is 0.0935 e. The fraction of sp³-hybridized carbons (Fsp3) is 0.105. The van der Waals surface area contributed by atoms with Crippen LogP contribution in [0.15, 0.2) is 53.6 Å². The number of halogens is 3. The molecule has 0 atom stereocenters. The Bertz CT molecular complexity index is 885. The lowest BCUT2D eigenvalue weighted by Gasteiger charge is -2.09. The van der Waals surface area contributed by atoms with E-state index in [-0.39, 0.29) is 0 Å². The molecular formula is C19H16Cl3N3. The van der Waals surface area contributed by atoms with Gasteiger partial charge in [0.25, 0.3) is 0 Å². The Hall–Kier alpha value is -1.94. The van der Waals surface area contributed by atoms with E-state index >= 15 is 0 Å². The van der Waals surface area contributed by atoms with E-state index in [0.29, 0.717) is 20.8 Å². The van der Waals surface area contributed by atoms with Gasteiger partial charge in [0, 0.05) is 22.1 Å². The minimum absolute atomic E-state index is 0.420. The quantitative estimate of drug-likeness (QED) is 0.398. The minimum atomic E-state index is 0.420. The van der Waals surface area contributed by atoms with Crippen molar-refractivity contribution >= 4 is 46.7 Å². The van der Waals surface area contributed by atoms with E-state index in [4.69, 9.17) is 34.8 Å². The highest BCUT2D eigenvalue weighted by Gasteiger charge is 2.06. The van der Waals surface area contributed by atoms with E-state index in [2.05, 4.69) is 53.2 Å². The molecule has 1 heterocycles. The summed E-state index contributed by atoms with van der Waals surface area (Å²) in [5.74, 6) is 0. The van der Waals surface area contributed by atoms with Crippen molar-refractivity contribution in [3.8, 4) is 5.69 Å². The van der Waals surface area contributed by atoms with Crippen LogP contribution in [0.5, 0.6) is 0 Å². The molecule has 0 aliphatic heterocycles. The Balaban J connectivity index is 1.75. The zero-order chi connectivity index (χ0) is 18.0. The van der Waals surface area contributed by atoms with Crippen molar-refractivity contribution in [3.05, 3.63) is 80.6 Å². The number of hydrogen-bond acceptors (Lipinski definition) is 2. The molecule has 25 heavy (non-hydrogen) atoms. The Morgan fingerprint density at radius 3 is 2.00 bits per heavy atom. The van der Waals surface area contributed by atoms with Crippen LogP contribution in [-0.2, 0) is 0 Å². The first kappa shape index (κ1) is 17.9. The second-order valence-electron chi connectivity index (χ2n) is 5.66. The van der Waals surface area contributed by atoms with Crippen LogP contribution in [0.3, 0.4) is 0 Å². The molecule has 1 aromatic heterocycles. The van der Waals surface area contributed by atoms with Crippen LogP contribution in [0.2, 0.25) is 15.1 Å². The molecule has 0 fully saturated rings. The molecule has 0 saturated carbocycles. The standard InChI is InChI=1S/C19H16Cl3N3/c1-12-3-4-13(2)25(12)16-7-5-14(6-8-16)11-23-24-19-17(21)9-15(20)10-18(19)22/h3-11,24H,1-2H3/b23-11+. The third kappa shape index (κ3) is 4.01. The number of anilines is 1. The van der Waals surface area contributed by atoms with Gasteiger partial charge in [0.1, 0.15) is 0 Å². The molecule has 0 radical (unpaired) electrons. The average Bonchev–Trinajstić information content (AvgIpc) is 2.89. The third-order valence-corrected chi connectivity index (χ3v) is 4.63. The fourth-order valence-electron chi connectivity index (χ4n) is 2.61. The molecule has 1 N–H and O–H groups in total. The molecule has 0 bridgehead atoms. The number of nitrogens with zero attached hydrogens (tertiary/aromatic N) is 2. The summed E-state index contributed by atoms with van der Waals surface area (Å²) in [5.41, 5.74) is 7.87.